The second kappa shape index (κ2) is 9.42. The zero-order chi connectivity index (χ0) is 28.2. The average molecular weight is 545 g/mol. The summed E-state index contributed by atoms with van der Waals surface area (Å²) in [5.74, 6) is -0.887. The zero-order valence-electron chi connectivity index (χ0n) is 22.4. The third-order valence-electron chi connectivity index (χ3n) is 7.16. The highest BCUT2D eigenvalue weighted by molar-refractivity contribution is 6.11. The van der Waals surface area contributed by atoms with Gasteiger partial charge in [-0.05, 0) is 56.2 Å². The number of benzene rings is 2. The fraction of sp³-hybridized carbons (Fsp3) is 0.300. The first-order chi connectivity index (χ1) is 19.0. The number of imidazole rings is 1. The van der Waals surface area contributed by atoms with Crippen LogP contribution < -0.4 is 5.32 Å². The topological polar surface area (TPSA) is 105 Å². The number of pyridine rings is 1. The Morgan fingerprint density at radius 1 is 1.18 bits per heavy atom. The van der Waals surface area contributed by atoms with E-state index in [-0.39, 0.29) is 13.2 Å². The molecule has 2 aromatic heterocycles. The van der Waals surface area contributed by atoms with Gasteiger partial charge in [0.25, 0.3) is 5.91 Å². The molecule has 6 rings (SSSR count). The lowest BCUT2D eigenvalue weighted by Gasteiger charge is -2.23. The summed E-state index contributed by atoms with van der Waals surface area (Å²) in [4.78, 5) is 32.1. The molecule has 1 unspecified atom stereocenters. The zero-order valence-corrected chi connectivity index (χ0v) is 22.4. The number of anilines is 2. The first-order valence-electron chi connectivity index (χ1n) is 13.0. The van der Waals surface area contributed by atoms with Gasteiger partial charge in [0.1, 0.15) is 22.7 Å². The molecule has 0 bridgehead atoms. The van der Waals surface area contributed by atoms with Crippen molar-refractivity contribution >= 4 is 29.0 Å². The molecule has 2 amide bonds. The van der Waals surface area contributed by atoms with Gasteiger partial charge in [-0.3, -0.25) is 9.20 Å². The highest BCUT2D eigenvalue weighted by atomic mass is 19.1. The molecule has 10 heteroatoms. The van der Waals surface area contributed by atoms with Crippen molar-refractivity contribution in [3.63, 3.8) is 0 Å². The Morgan fingerprint density at radius 2 is 1.95 bits per heavy atom. The molecule has 1 atom stereocenters. The number of nitrogens with one attached hydrogen (secondary N) is 1. The molecule has 2 N–H and O–H groups in total. The van der Waals surface area contributed by atoms with E-state index in [0.717, 1.165) is 10.5 Å². The summed E-state index contributed by atoms with van der Waals surface area (Å²) in [7, 11) is 0. The standard InChI is InChI=1S/C30H29FN4O5/c1-29(2,3)40-28(37)35-16-22-21(24-15-32-25-14-19(31)10-12-34(24)25)8-9-23(26(22)27(35)36)33-20-6-4-18(5-7-20)30(38)11-13-39-17-30/h4-10,12,14-15,33,38H,11,13,16-17H2,1-3H3. The number of nitrogens with zero attached hydrogens (tertiary/aromatic N) is 3. The second-order valence-electron chi connectivity index (χ2n) is 11.1. The largest absolute Gasteiger partial charge is 0.443 e. The van der Waals surface area contributed by atoms with Gasteiger partial charge in [0.15, 0.2) is 0 Å². The van der Waals surface area contributed by atoms with Crippen molar-refractivity contribution in [2.24, 2.45) is 0 Å². The van der Waals surface area contributed by atoms with Gasteiger partial charge in [0, 0.05) is 36.5 Å². The van der Waals surface area contributed by atoms with E-state index in [1.807, 2.05) is 30.3 Å². The second-order valence-corrected chi connectivity index (χ2v) is 11.1. The van der Waals surface area contributed by atoms with Crippen LogP contribution in [0.3, 0.4) is 0 Å². The summed E-state index contributed by atoms with van der Waals surface area (Å²) < 4.78 is 26.4. The smallest absolute Gasteiger partial charge is 0.417 e. The lowest BCUT2D eigenvalue weighted by molar-refractivity contribution is 0.0230. The molecule has 0 spiro atoms. The van der Waals surface area contributed by atoms with Gasteiger partial charge in [-0.15, -0.1) is 0 Å². The van der Waals surface area contributed by atoms with Gasteiger partial charge in [-0.2, -0.15) is 0 Å². The summed E-state index contributed by atoms with van der Waals surface area (Å²) in [6, 6.07) is 13.6. The molecule has 0 saturated carbocycles. The Kier molecular flexibility index (Phi) is 6.12. The van der Waals surface area contributed by atoms with Crippen LogP contribution in [0.25, 0.3) is 16.9 Å². The molecule has 4 aromatic rings. The summed E-state index contributed by atoms with van der Waals surface area (Å²) in [5, 5.41) is 14.1. The predicted molar refractivity (Wildman–Crippen MR) is 146 cm³/mol. The van der Waals surface area contributed by atoms with Gasteiger partial charge in [0.05, 0.1) is 36.3 Å². The number of hydrogen-bond acceptors (Lipinski definition) is 7. The lowest BCUT2D eigenvalue weighted by Crippen LogP contribution is -2.37. The van der Waals surface area contributed by atoms with Crippen LogP contribution in [0.2, 0.25) is 0 Å². The number of ether oxygens (including phenoxy) is 2. The molecule has 2 aliphatic heterocycles. The van der Waals surface area contributed by atoms with E-state index in [2.05, 4.69) is 10.3 Å². The fourth-order valence-corrected chi connectivity index (χ4v) is 5.19. The number of imide groups is 1. The van der Waals surface area contributed by atoms with E-state index in [1.165, 1.54) is 12.1 Å². The summed E-state index contributed by atoms with van der Waals surface area (Å²) in [5.41, 5.74) is 2.93. The van der Waals surface area contributed by atoms with Gasteiger partial charge in [-0.1, -0.05) is 18.2 Å². The maximum atomic E-state index is 13.8. The van der Waals surface area contributed by atoms with Crippen LogP contribution in [0.4, 0.5) is 20.6 Å². The first-order valence-corrected chi connectivity index (χ1v) is 13.0. The molecule has 1 fully saturated rings. The maximum absolute atomic E-state index is 13.8. The summed E-state index contributed by atoms with van der Waals surface area (Å²) >= 11 is 0. The number of amides is 2. The Hall–Kier alpha value is -4.28. The van der Waals surface area contributed by atoms with Crippen molar-refractivity contribution < 1.29 is 28.6 Å². The third-order valence-corrected chi connectivity index (χ3v) is 7.16. The van der Waals surface area contributed by atoms with E-state index >= 15 is 0 Å². The molecule has 0 aliphatic carbocycles. The van der Waals surface area contributed by atoms with Crippen LogP contribution in [0.15, 0.2) is 60.9 Å². The Bertz CT molecular complexity index is 1630. The highest BCUT2D eigenvalue weighted by Crippen LogP contribution is 2.39. The third kappa shape index (κ3) is 4.59. The summed E-state index contributed by atoms with van der Waals surface area (Å²) in [6.45, 7) is 5.99. The minimum Gasteiger partial charge on any atom is -0.443 e. The van der Waals surface area contributed by atoms with Crippen LogP contribution in [0.5, 0.6) is 0 Å². The van der Waals surface area contributed by atoms with Crippen LogP contribution in [0.1, 0.15) is 48.7 Å². The fourth-order valence-electron chi connectivity index (χ4n) is 5.19. The van der Waals surface area contributed by atoms with Gasteiger partial charge >= 0.3 is 6.09 Å². The van der Waals surface area contributed by atoms with E-state index in [9.17, 15) is 19.1 Å². The normalized spacial score (nSPS) is 18.8. The van der Waals surface area contributed by atoms with E-state index in [1.54, 1.807) is 43.6 Å². The highest BCUT2D eigenvalue weighted by Gasteiger charge is 2.39. The van der Waals surface area contributed by atoms with Crippen LogP contribution >= 0.6 is 0 Å². The molecule has 40 heavy (non-hydrogen) atoms. The van der Waals surface area contributed by atoms with Crippen LogP contribution in [0, 0.1) is 5.82 Å². The van der Waals surface area contributed by atoms with Crippen molar-refractivity contribution in [2.75, 3.05) is 18.5 Å². The number of halogens is 1. The van der Waals surface area contributed by atoms with Gasteiger partial charge in [-0.25, -0.2) is 19.1 Å². The average Bonchev–Trinajstić information content (AvgIpc) is 3.61. The predicted octanol–water partition coefficient (Wildman–Crippen LogP) is 5.38. The molecular weight excluding hydrogens is 515 g/mol. The quantitative estimate of drug-likeness (QED) is 0.355. The number of rotatable bonds is 4. The molecular formula is C30H29FN4O5. The van der Waals surface area contributed by atoms with Gasteiger partial charge < -0.3 is 19.9 Å². The molecule has 9 nitrogen and oxygen atoms in total. The number of carbonyl (C=O) groups excluding carboxylic acids is 2. The lowest BCUT2D eigenvalue weighted by atomic mass is 9.93. The van der Waals surface area contributed by atoms with E-state index < -0.39 is 29.0 Å². The summed E-state index contributed by atoms with van der Waals surface area (Å²) in [6.07, 6.45) is 2.99. The molecule has 206 valence electrons. The Morgan fingerprint density at radius 3 is 2.65 bits per heavy atom. The van der Waals surface area contributed by atoms with Gasteiger partial charge in [0.2, 0.25) is 0 Å². The van der Waals surface area contributed by atoms with Crippen molar-refractivity contribution in [3.05, 3.63) is 83.4 Å². The van der Waals surface area contributed by atoms with E-state index in [4.69, 9.17) is 9.47 Å². The van der Waals surface area contributed by atoms with Crippen molar-refractivity contribution in [1.29, 1.82) is 0 Å². The molecule has 4 heterocycles. The monoisotopic (exact) mass is 544 g/mol. The minimum absolute atomic E-state index is 0.00827. The Balaban J connectivity index is 1.40. The number of fused-ring (bicyclic) bond motifs is 2. The van der Waals surface area contributed by atoms with E-state index in [0.29, 0.717) is 52.4 Å². The number of aliphatic hydroxyl groups is 1. The van der Waals surface area contributed by atoms with Crippen LogP contribution in [-0.4, -0.2) is 50.2 Å². The van der Waals surface area contributed by atoms with Crippen molar-refractivity contribution in [3.8, 4) is 11.3 Å². The molecule has 2 aromatic carbocycles. The van der Waals surface area contributed by atoms with Crippen molar-refractivity contribution in [1.82, 2.24) is 14.3 Å². The number of aromatic nitrogens is 2. The SMILES string of the molecule is CC(C)(C)OC(=O)N1Cc2c(-c3cnc4cc(F)ccn34)ccc(Nc3ccc(C4(O)CCOC4)cc3)c2C1=O. The molecule has 1 saturated heterocycles. The number of carbonyl (C=O) groups is 2. The molecule has 2 aliphatic rings. The minimum atomic E-state index is -1.01. The Labute approximate surface area is 230 Å². The van der Waals surface area contributed by atoms with Crippen LogP contribution in [-0.2, 0) is 21.6 Å². The maximum Gasteiger partial charge on any atom is 0.417 e. The molecule has 0 radical (unpaired) electrons. The van der Waals surface area contributed by atoms with Crippen molar-refractivity contribution in [2.45, 2.75) is 44.9 Å². The first kappa shape index (κ1) is 26.0. The number of hydrogen-bond donors (Lipinski definition) is 2.